The van der Waals surface area contributed by atoms with E-state index in [1.54, 1.807) is 7.11 Å². The first-order valence-corrected chi connectivity index (χ1v) is 10.1. The molecule has 0 fully saturated rings. The lowest BCUT2D eigenvalue weighted by molar-refractivity contribution is -0.0613. The number of pyridine rings is 1. The molecular formula is C20H36N4O3. The minimum atomic E-state index is -1.46. The van der Waals surface area contributed by atoms with Gasteiger partial charge in [-0.15, -0.1) is 0 Å². The monoisotopic (exact) mass is 380 g/mol. The van der Waals surface area contributed by atoms with Crippen molar-refractivity contribution in [1.29, 1.82) is 0 Å². The molecule has 0 aliphatic carbocycles. The minimum Gasteiger partial charge on any atom is -0.380 e. The number of unbranched alkanes of at least 4 members (excludes halogenated alkanes) is 1. The van der Waals surface area contributed by atoms with Gasteiger partial charge in [0.15, 0.2) is 6.29 Å². The fourth-order valence-electron chi connectivity index (χ4n) is 3.36. The molecule has 1 aliphatic rings. The Balaban J connectivity index is 1.76. The van der Waals surface area contributed by atoms with Gasteiger partial charge in [0.05, 0.1) is 12.1 Å². The molecule has 1 aromatic heterocycles. The molecule has 154 valence electrons. The van der Waals surface area contributed by atoms with Crippen LogP contribution in [0.3, 0.4) is 0 Å². The summed E-state index contributed by atoms with van der Waals surface area (Å²) in [7, 11) is 1.71. The molecule has 0 bridgehead atoms. The first-order chi connectivity index (χ1) is 13.0. The van der Waals surface area contributed by atoms with Gasteiger partial charge >= 0.3 is 0 Å². The van der Waals surface area contributed by atoms with Crippen molar-refractivity contribution in [2.45, 2.75) is 63.9 Å². The molecule has 1 aliphatic heterocycles. The molecule has 0 spiro atoms. The van der Waals surface area contributed by atoms with Gasteiger partial charge in [0.25, 0.3) is 0 Å². The lowest BCUT2D eigenvalue weighted by Crippen LogP contribution is -2.40. The zero-order chi connectivity index (χ0) is 19.6. The first kappa shape index (κ1) is 22.0. The maximum Gasteiger partial charge on any atom is 0.166 e. The zero-order valence-corrected chi connectivity index (χ0v) is 16.7. The van der Waals surface area contributed by atoms with E-state index in [0.717, 1.165) is 63.4 Å². The maximum absolute atomic E-state index is 9.16. The first-order valence-electron chi connectivity index (χ1n) is 10.1. The second-order valence-electron chi connectivity index (χ2n) is 7.51. The van der Waals surface area contributed by atoms with Crippen LogP contribution in [0.5, 0.6) is 0 Å². The van der Waals surface area contributed by atoms with Crippen LogP contribution in [0.4, 0.5) is 5.82 Å². The number of nitrogens with two attached hydrogens (primary N) is 1. The lowest BCUT2D eigenvalue weighted by atomic mass is 10.1. The van der Waals surface area contributed by atoms with Crippen molar-refractivity contribution in [2.24, 2.45) is 5.73 Å². The molecule has 7 heteroatoms. The number of nitrogens with one attached hydrogen (secondary N) is 1. The summed E-state index contributed by atoms with van der Waals surface area (Å²) in [5.41, 5.74) is 8.21. The fraction of sp³-hybridized carbons (Fsp3) is 0.750. The number of fused-ring (bicyclic) bond motifs is 1. The molecule has 0 amide bonds. The number of anilines is 1. The molecule has 0 saturated heterocycles. The highest BCUT2D eigenvalue weighted by Gasteiger charge is 2.15. The maximum atomic E-state index is 9.16. The summed E-state index contributed by atoms with van der Waals surface area (Å²) in [6.07, 6.45) is 4.61. The van der Waals surface area contributed by atoms with Crippen LogP contribution in [0.15, 0.2) is 12.1 Å². The summed E-state index contributed by atoms with van der Waals surface area (Å²) < 4.78 is 5.37. The largest absolute Gasteiger partial charge is 0.380 e. The number of aryl methyl sites for hydroxylation is 2. The number of hydrogen-bond donors (Lipinski definition) is 4. The number of aliphatic hydroxyl groups is 2. The van der Waals surface area contributed by atoms with Gasteiger partial charge in [-0.3, -0.25) is 0 Å². The Morgan fingerprint density at radius 3 is 2.85 bits per heavy atom. The van der Waals surface area contributed by atoms with Gasteiger partial charge < -0.3 is 30.9 Å². The van der Waals surface area contributed by atoms with Crippen LogP contribution in [0.1, 0.15) is 43.9 Å². The van der Waals surface area contributed by atoms with Crippen molar-refractivity contribution < 1.29 is 14.9 Å². The van der Waals surface area contributed by atoms with Crippen LogP contribution in [0.2, 0.25) is 0 Å². The molecule has 2 atom stereocenters. The summed E-state index contributed by atoms with van der Waals surface area (Å²) in [5, 5.41) is 21.7. The average Bonchev–Trinajstić information content (AvgIpc) is 2.68. The van der Waals surface area contributed by atoms with Crippen molar-refractivity contribution in [1.82, 2.24) is 9.88 Å². The third-order valence-electron chi connectivity index (χ3n) is 5.19. The molecule has 2 rings (SSSR count). The van der Waals surface area contributed by atoms with Crippen molar-refractivity contribution in [3.05, 3.63) is 23.4 Å². The molecule has 0 aromatic carbocycles. The van der Waals surface area contributed by atoms with Gasteiger partial charge in [0, 0.05) is 25.9 Å². The quantitative estimate of drug-likeness (QED) is 0.318. The topological polar surface area (TPSA) is 104 Å². The summed E-state index contributed by atoms with van der Waals surface area (Å²) in [6.45, 7) is 5.53. The van der Waals surface area contributed by atoms with Gasteiger partial charge in [-0.2, -0.15) is 0 Å². The smallest absolute Gasteiger partial charge is 0.166 e. The highest BCUT2D eigenvalue weighted by Crippen LogP contribution is 2.20. The van der Waals surface area contributed by atoms with Crippen molar-refractivity contribution in [3.8, 4) is 0 Å². The summed E-state index contributed by atoms with van der Waals surface area (Å²) in [6, 6.07) is 3.74. The van der Waals surface area contributed by atoms with Crippen molar-refractivity contribution in [2.75, 3.05) is 38.6 Å². The number of rotatable bonds is 12. The molecule has 2 heterocycles. The molecule has 1 aromatic rings. The second kappa shape index (κ2) is 11.6. The van der Waals surface area contributed by atoms with Gasteiger partial charge in [0.2, 0.25) is 0 Å². The van der Waals surface area contributed by atoms with E-state index in [0.29, 0.717) is 6.42 Å². The Kier molecular flexibility index (Phi) is 9.44. The predicted molar refractivity (Wildman–Crippen MR) is 108 cm³/mol. The molecule has 0 radical (unpaired) electrons. The SMILES string of the molecule is CO[C@H](C)CN(CCCCc1ccc2c(n1)NCCC2)CC[C@H](N)C(O)O. The number of nitrogens with zero attached hydrogens (tertiary/aromatic N) is 2. The number of hydrogen-bond acceptors (Lipinski definition) is 7. The van der Waals surface area contributed by atoms with E-state index in [1.807, 2.05) is 6.92 Å². The van der Waals surface area contributed by atoms with Crippen molar-refractivity contribution >= 4 is 5.82 Å². The van der Waals surface area contributed by atoms with Crippen LogP contribution in [0, 0.1) is 0 Å². The fourth-order valence-corrected chi connectivity index (χ4v) is 3.36. The van der Waals surface area contributed by atoms with E-state index in [2.05, 4.69) is 22.3 Å². The number of ether oxygens (including phenoxy) is 1. The predicted octanol–water partition coefficient (Wildman–Crippen LogP) is 1.13. The van der Waals surface area contributed by atoms with Crippen LogP contribution in [-0.4, -0.2) is 71.8 Å². The van der Waals surface area contributed by atoms with E-state index in [1.165, 1.54) is 12.0 Å². The van der Waals surface area contributed by atoms with Gasteiger partial charge in [-0.25, -0.2) is 4.98 Å². The Morgan fingerprint density at radius 2 is 2.11 bits per heavy atom. The van der Waals surface area contributed by atoms with Crippen molar-refractivity contribution in [3.63, 3.8) is 0 Å². The van der Waals surface area contributed by atoms with Gasteiger partial charge in [-0.1, -0.05) is 6.07 Å². The van der Waals surface area contributed by atoms with E-state index >= 15 is 0 Å². The summed E-state index contributed by atoms with van der Waals surface area (Å²) in [4.78, 5) is 7.04. The summed E-state index contributed by atoms with van der Waals surface area (Å²) in [5.74, 6) is 1.06. The molecule has 27 heavy (non-hydrogen) atoms. The van der Waals surface area contributed by atoms with Gasteiger partial charge in [0.1, 0.15) is 5.82 Å². The summed E-state index contributed by atoms with van der Waals surface area (Å²) >= 11 is 0. The van der Waals surface area contributed by atoms with E-state index in [-0.39, 0.29) is 6.10 Å². The molecular weight excluding hydrogens is 344 g/mol. The van der Waals surface area contributed by atoms with E-state index in [9.17, 15) is 0 Å². The van der Waals surface area contributed by atoms with Crippen LogP contribution < -0.4 is 11.1 Å². The second-order valence-corrected chi connectivity index (χ2v) is 7.51. The number of aromatic nitrogens is 1. The highest BCUT2D eigenvalue weighted by atomic mass is 16.5. The molecule has 5 N–H and O–H groups in total. The molecule has 7 nitrogen and oxygen atoms in total. The zero-order valence-electron chi connectivity index (χ0n) is 16.7. The van der Waals surface area contributed by atoms with E-state index in [4.69, 9.17) is 25.7 Å². The Morgan fingerprint density at radius 1 is 1.30 bits per heavy atom. The van der Waals surface area contributed by atoms with Crippen LogP contribution >= 0.6 is 0 Å². The third kappa shape index (κ3) is 7.71. The van der Waals surface area contributed by atoms with E-state index < -0.39 is 12.3 Å². The lowest BCUT2D eigenvalue weighted by Gasteiger charge is -2.26. The Hall–Kier alpha value is -1.25. The number of methoxy groups -OCH3 is 1. The average molecular weight is 381 g/mol. The van der Waals surface area contributed by atoms with Crippen LogP contribution in [0.25, 0.3) is 0 Å². The van der Waals surface area contributed by atoms with Crippen LogP contribution in [-0.2, 0) is 17.6 Å². The normalized spacial score (nSPS) is 16.3. The minimum absolute atomic E-state index is 0.133. The Labute approximate surface area is 162 Å². The number of aliphatic hydroxyl groups excluding tert-OH is 1. The standard InChI is InChI=1S/C20H36N4O3/c1-15(27-2)14-24(13-10-18(21)20(25)26)12-4-3-7-17-9-8-16-6-5-11-22-19(16)23-17/h8-9,15,18,20,25-26H,3-7,10-14,21H2,1-2H3,(H,22,23)/t15-,18+/m1/s1. The van der Waals surface area contributed by atoms with Gasteiger partial charge in [-0.05, 0) is 70.2 Å². The highest BCUT2D eigenvalue weighted by molar-refractivity contribution is 5.46. The Bertz CT molecular complexity index is 556. The molecule has 0 saturated carbocycles. The molecule has 0 unspecified atom stereocenters. The third-order valence-corrected chi connectivity index (χ3v) is 5.19.